The molecule has 0 heterocycles. The van der Waals surface area contributed by atoms with Gasteiger partial charge in [0.2, 0.25) is 0 Å². The van der Waals surface area contributed by atoms with E-state index in [4.69, 9.17) is 5.73 Å². The topological polar surface area (TPSA) is 26.0 Å². The fourth-order valence-corrected chi connectivity index (χ4v) is 1.55. The zero-order valence-electron chi connectivity index (χ0n) is 7.59. The van der Waals surface area contributed by atoms with Gasteiger partial charge in [-0.2, -0.15) is 13.2 Å². The van der Waals surface area contributed by atoms with Crippen molar-refractivity contribution < 1.29 is 17.6 Å². The molecule has 0 bridgehead atoms. The van der Waals surface area contributed by atoms with Gasteiger partial charge in [-0.1, -0.05) is 12.1 Å². The number of benzene rings is 1. The summed E-state index contributed by atoms with van der Waals surface area (Å²) in [6, 6.07) is 5.09. The Balaban J connectivity index is 2.72. The van der Waals surface area contributed by atoms with E-state index in [0.29, 0.717) is 5.56 Å². The predicted octanol–water partition coefficient (Wildman–Crippen LogP) is 3.27. The Labute approximate surface area is 88.7 Å². The summed E-state index contributed by atoms with van der Waals surface area (Å²) in [6.45, 7) is -0.175. The van der Waals surface area contributed by atoms with Crippen LogP contribution < -0.4 is 5.73 Å². The standard InChI is InChI=1S/C9H9F4NS/c10-8(5-14)6-1-3-7(4-2-6)15-9(11,12)13/h1-4,8H,5,14H2. The summed E-state index contributed by atoms with van der Waals surface area (Å²) in [5.41, 5.74) is 1.06. The molecule has 0 aliphatic rings. The number of thioether (sulfide) groups is 1. The molecular formula is C9H9F4NS. The van der Waals surface area contributed by atoms with Crippen molar-refractivity contribution in [3.05, 3.63) is 29.8 Å². The molecule has 0 aliphatic carbocycles. The summed E-state index contributed by atoms with van der Waals surface area (Å²) < 4.78 is 48.8. The van der Waals surface area contributed by atoms with Crippen molar-refractivity contribution in [1.29, 1.82) is 0 Å². The van der Waals surface area contributed by atoms with E-state index < -0.39 is 11.7 Å². The van der Waals surface area contributed by atoms with Crippen molar-refractivity contribution in [1.82, 2.24) is 0 Å². The third-order valence-electron chi connectivity index (χ3n) is 1.68. The van der Waals surface area contributed by atoms with Crippen LogP contribution >= 0.6 is 11.8 Å². The van der Waals surface area contributed by atoms with E-state index in [1.165, 1.54) is 24.3 Å². The first kappa shape index (κ1) is 12.3. The van der Waals surface area contributed by atoms with E-state index in [0.717, 1.165) is 0 Å². The molecule has 2 N–H and O–H groups in total. The fourth-order valence-electron chi connectivity index (χ4n) is 1.01. The largest absolute Gasteiger partial charge is 0.446 e. The minimum Gasteiger partial charge on any atom is -0.327 e. The molecule has 0 saturated carbocycles. The minimum absolute atomic E-state index is 0.0375. The third-order valence-corrected chi connectivity index (χ3v) is 2.42. The molecule has 0 amide bonds. The monoisotopic (exact) mass is 239 g/mol. The van der Waals surface area contributed by atoms with Gasteiger partial charge in [-0.25, -0.2) is 4.39 Å². The molecule has 0 radical (unpaired) electrons. The van der Waals surface area contributed by atoms with Crippen LogP contribution in [-0.2, 0) is 0 Å². The molecule has 6 heteroatoms. The third kappa shape index (κ3) is 4.09. The molecule has 1 atom stereocenters. The van der Waals surface area contributed by atoms with Crippen LogP contribution in [0.1, 0.15) is 11.7 Å². The second kappa shape index (κ2) is 4.85. The lowest BCUT2D eigenvalue weighted by Crippen LogP contribution is -2.07. The summed E-state index contributed by atoms with van der Waals surface area (Å²) in [4.78, 5) is 0.0375. The van der Waals surface area contributed by atoms with Gasteiger partial charge in [0.25, 0.3) is 0 Å². The van der Waals surface area contributed by atoms with Gasteiger partial charge in [-0.15, -0.1) is 0 Å². The smallest absolute Gasteiger partial charge is 0.327 e. The van der Waals surface area contributed by atoms with E-state index in [2.05, 4.69) is 0 Å². The zero-order valence-corrected chi connectivity index (χ0v) is 8.41. The Morgan fingerprint density at radius 1 is 1.20 bits per heavy atom. The molecule has 84 valence electrons. The van der Waals surface area contributed by atoms with Crippen molar-refractivity contribution in [2.24, 2.45) is 5.73 Å². The number of rotatable bonds is 3. The van der Waals surface area contributed by atoms with Gasteiger partial charge in [0, 0.05) is 11.4 Å². The minimum atomic E-state index is -4.31. The molecule has 0 fully saturated rings. The van der Waals surface area contributed by atoms with Crippen LogP contribution in [0.25, 0.3) is 0 Å². The zero-order chi connectivity index (χ0) is 11.5. The van der Waals surface area contributed by atoms with Crippen LogP contribution in [0, 0.1) is 0 Å². The van der Waals surface area contributed by atoms with Crippen molar-refractivity contribution in [3.8, 4) is 0 Å². The van der Waals surface area contributed by atoms with Crippen LogP contribution in [-0.4, -0.2) is 12.1 Å². The predicted molar refractivity (Wildman–Crippen MR) is 51.3 cm³/mol. The fraction of sp³-hybridized carbons (Fsp3) is 0.333. The van der Waals surface area contributed by atoms with Crippen LogP contribution in [0.2, 0.25) is 0 Å². The van der Waals surface area contributed by atoms with Gasteiger partial charge in [-0.3, -0.25) is 0 Å². The lowest BCUT2D eigenvalue weighted by atomic mass is 10.1. The van der Waals surface area contributed by atoms with E-state index in [1.54, 1.807) is 0 Å². The van der Waals surface area contributed by atoms with Gasteiger partial charge in [0.15, 0.2) is 0 Å². The van der Waals surface area contributed by atoms with Crippen LogP contribution in [0.15, 0.2) is 29.2 Å². The van der Waals surface area contributed by atoms with Crippen LogP contribution in [0.5, 0.6) is 0 Å². The van der Waals surface area contributed by atoms with Gasteiger partial charge < -0.3 is 5.73 Å². The van der Waals surface area contributed by atoms with Crippen molar-refractivity contribution in [3.63, 3.8) is 0 Å². The highest BCUT2D eigenvalue weighted by molar-refractivity contribution is 8.00. The molecule has 0 aromatic heterocycles. The maximum Gasteiger partial charge on any atom is 0.446 e. The summed E-state index contributed by atoms with van der Waals surface area (Å²) in [5.74, 6) is 0. The molecule has 1 rings (SSSR count). The first-order valence-electron chi connectivity index (χ1n) is 4.12. The number of halogens is 4. The van der Waals surface area contributed by atoms with E-state index in [1.807, 2.05) is 0 Å². The van der Waals surface area contributed by atoms with E-state index >= 15 is 0 Å². The van der Waals surface area contributed by atoms with E-state index in [9.17, 15) is 17.6 Å². The molecule has 1 aromatic rings. The first-order valence-corrected chi connectivity index (χ1v) is 4.94. The van der Waals surface area contributed by atoms with Crippen LogP contribution in [0.3, 0.4) is 0 Å². The van der Waals surface area contributed by atoms with Gasteiger partial charge >= 0.3 is 5.51 Å². The molecule has 15 heavy (non-hydrogen) atoms. The average Bonchev–Trinajstić information content (AvgIpc) is 2.15. The average molecular weight is 239 g/mol. The quantitative estimate of drug-likeness (QED) is 0.647. The van der Waals surface area contributed by atoms with Crippen molar-refractivity contribution in [2.45, 2.75) is 16.6 Å². The Morgan fingerprint density at radius 2 is 1.73 bits per heavy atom. The molecule has 0 aliphatic heterocycles. The highest BCUT2D eigenvalue weighted by Crippen LogP contribution is 2.37. The molecular weight excluding hydrogens is 230 g/mol. The number of nitrogens with two attached hydrogens (primary N) is 1. The Kier molecular flexibility index (Phi) is 3.98. The summed E-state index contributed by atoms with van der Waals surface area (Å²) in [5, 5.41) is 0. The molecule has 0 spiro atoms. The molecule has 1 unspecified atom stereocenters. The van der Waals surface area contributed by atoms with Crippen molar-refractivity contribution >= 4 is 11.8 Å². The maximum absolute atomic E-state index is 13.0. The normalized spacial score (nSPS) is 13.9. The maximum atomic E-state index is 13.0. The first-order chi connectivity index (χ1) is 6.92. The summed E-state index contributed by atoms with van der Waals surface area (Å²) in [7, 11) is 0. The molecule has 1 aromatic carbocycles. The van der Waals surface area contributed by atoms with Gasteiger partial charge in [0.05, 0.1) is 0 Å². The van der Waals surface area contributed by atoms with Gasteiger partial charge in [0.1, 0.15) is 6.17 Å². The Morgan fingerprint density at radius 3 is 2.13 bits per heavy atom. The van der Waals surface area contributed by atoms with Crippen LogP contribution in [0.4, 0.5) is 17.6 Å². The summed E-state index contributed by atoms with van der Waals surface area (Å²) >= 11 is -0.225. The highest BCUT2D eigenvalue weighted by atomic mass is 32.2. The molecule has 0 saturated heterocycles. The molecule has 1 nitrogen and oxygen atoms in total. The van der Waals surface area contributed by atoms with E-state index in [-0.39, 0.29) is 23.2 Å². The van der Waals surface area contributed by atoms with Gasteiger partial charge in [-0.05, 0) is 29.5 Å². The lowest BCUT2D eigenvalue weighted by Gasteiger charge is -2.08. The Hall–Kier alpha value is -0.750. The van der Waals surface area contributed by atoms with Crippen molar-refractivity contribution in [2.75, 3.05) is 6.54 Å². The number of hydrogen-bond acceptors (Lipinski definition) is 2. The Bertz CT molecular complexity index is 309. The highest BCUT2D eigenvalue weighted by Gasteiger charge is 2.29. The summed E-state index contributed by atoms with van der Waals surface area (Å²) in [6.07, 6.45) is -1.32. The lowest BCUT2D eigenvalue weighted by molar-refractivity contribution is -0.0328. The second-order valence-corrected chi connectivity index (χ2v) is 3.96. The number of alkyl halides is 4. The SMILES string of the molecule is NCC(F)c1ccc(SC(F)(F)F)cc1. The second-order valence-electron chi connectivity index (χ2n) is 2.82. The number of hydrogen-bond donors (Lipinski definition) is 1.